The van der Waals surface area contributed by atoms with Crippen molar-refractivity contribution in [1.29, 1.82) is 0 Å². The highest BCUT2D eigenvalue weighted by molar-refractivity contribution is 6.29. The minimum Gasteiger partial charge on any atom is -0.249 e. The summed E-state index contributed by atoms with van der Waals surface area (Å²) in [5.74, 6) is 0.322. The summed E-state index contributed by atoms with van der Waals surface area (Å²) >= 11 is 6.22. The molecular weight excluding hydrogens is 263 g/mol. The Kier molecular flexibility index (Phi) is 3.56. The van der Waals surface area contributed by atoms with Gasteiger partial charge in [0.25, 0.3) is 0 Å². The van der Waals surface area contributed by atoms with Gasteiger partial charge in [-0.3, -0.25) is 0 Å². The van der Waals surface area contributed by atoms with Gasteiger partial charge >= 0.3 is 0 Å². The number of nitrogens with zero attached hydrogens (tertiary/aromatic N) is 2. The van der Waals surface area contributed by atoms with Crippen LogP contribution in [-0.2, 0) is 6.54 Å². The first-order valence-corrected chi connectivity index (χ1v) is 7.08. The van der Waals surface area contributed by atoms with Crippen LogP contribution >= 0.6 is 11.6 Å². The maximum Gasteiger partial charge on any atom is 0.127 e. The van der Waals surface area contributed by atoms with Crippen molar-refractivity contribution in [2.45, 2.75) is 38.1 Å². The Hall–Kier alpha value is -1.35. The molecule has 1 aliphatic rings. The zero-order valence-corrected chi connectivity index (χ0v) is 11.4. The first kappa shape index (κ1) is 12.7. The first-order chi connectivity index (χ1) is 9.22. The van der Waals surface area contributed by atoms with Crippen molar-refractivity contribution in [3.8, 4) is 0 Å². The zero-order valence-electron chi connectivity index (χ0n) is 10.6. The second-order valence-corrected chi connectivity index (χ2v) is 5.55. The number of benzene rings is 1. The lowest BCUT2D eigenvalue weighted by atomic mass is 10.1. The van der Waals surface area contributed by atoms with E-state index in [0.717, 1.165) is 11.3 Å². The first-order valence-electron chi connectivity index (χ1n) is 6.70. The molecule has 4 heteroatoms. The molecule has 1 aromatic heterocycles. The van der Waals surface area contributed by atoms with E-state index in [1.54, 1.807) is 10.7 Å². The molecular formula is C15H16ClFN2. The van der Waals surface area contributed by atoms with Crippen LogP contribution in [0.1, 0.15) is 42.9 Å². The molecule has 0 spiro atoms. The third kappa shape index (κ3) is 2.81. The highest BCUT2D eigenvalue weighted by atomic mass is 35.5. The van der Waals surface area contributed by atoms with Crippen LogP contribution in [0, 0.1) is 5.82 Å². The van der Waals surface area contributed by atoms with Crippen molar-refractivity contribution in [3.05, 3.63) is 52.6 Å². The Morgan fingerprint density at radius 3 is 2.79 bits per heavy atom. The number of aromatic nitrogens is 2. The highest BCUT2D eigenvalue weighted by Crippen LogP contribution is 2.34. The van der Waals surface area contributed by atoms with Crippen molar-refractivity contribution in [1.82, 2.24) is 9.78 Å². The van der Waals surface area contributed by atoms with Gasteiger partial charge < -0.3 is 0 Å². The molecule has 0 N–H and O–H groups in total. The van der Waals surface area contributed by atoms with Gasteiger partial charge in [0.15, 0.2) is 0 Å². The predicted molar refractivity (Wildman–Crippen MR) is 73.9 cm³/mol. The summed E-state index contributed by atoms with van der Waals surface area (Å²) in [5.41, 5.74) is 1.96. The monoisotopic (exact) mass is 278 g/mol. The predicted octanol–water partition coefficient (Wildman–Crippen LogP) is 4.38. The summed E-state index contributed by atoms with van der Waals surface area (Å²) in [6.07, 6.45) is 4.96. The molecule has 0 saturated heterocycles. The van der Waals surface area contributed by atoms with Gasteiger partial charge in [0.05, 0.1) is 12.2 Å². The highest BCUT2D eigenvalue weighted by Gasteiger charge is 2.20. The van der Waals surface area contributed by atoms with Crippen LogP contribution in [0.25, 0.3) is 0 Å². The Morgan fingerprint density at radius 2 is 2.05 bits per heavy atom. The van der Waals surface area contributed by atoms with Gasteiger partial charge in [0.2, 0.25) is 0 Å². The minimum atomic E-state index is -0.225. The van der Waals surface area contributed by atoms with Crippen LogP contribution < -0.4 is 0 Å². The Labute approximate surface area is 117 Å². The summed E-state index contributed by atoms with van der Waals surface area (Å²) in [6.45, 7) is 0.517. The van der Waals surface area contributed by atoms with E-state index in [0.29, 0.717) is 17.6 Å². The molecule has 1 fully saturated rings. The molecule has 1 aromatic carbocycles. The molecule has 0 aliphatic heterocycles. The molecule has 3 rings (SSSR count). The van der Waals surface area contributed by atoms with E-state index in [-0.39, 0.29) is 5.82 Å². The molecule has 0 atom stereocenters. The summed E-state index contributed by atoms with van der Waals surface area (Å²) in [4.78, 5) is 0. The van der Waals surface area contributed by atoms with E-state index in [9.17, 15) is 4.39 Å². The molecule has 0 bridgehead atoms. The van der Waals surface area contributed by atoms with Gasteiger partial charge in [-0.25, -0.2) is 9.07 Å². The SMILES string of the molecule is Fc1cccc(Cn2nc(C3CCCC3)cc2Cl)c1. The van der Waals surface area contributed by atoms with Gasteiger partial charge in [0.1, 0.15) is 11.0 Å². The molecule has 0 radical (unpaired) electrons. The molecule has 2 aromatic rings. The number of halogens is 2. The summed E-state index contributed by atoms with van der Waals surface area (Å²) in [7, 11) is 0. The van der Waals surface area contributed by atoms with Crippen LogP contribution in [0.3, 0.4) is 0 Å². The lowest BCUT2D eigenvalue weighted by molar-refractivity contribution is 0.611. The fraction of sp³-hybridized carbons (Fsp3) is 0.400. The van der Waals surface area contributed by atoms with Crippen LogP contribution in [-0.4, -0.2) is 9.78 Å². The fourth-order valence-electron chi connectivity index (χ4n) is 2.75. The van der Waals surface area contributed by atoms with Crippen molar-refractivity contribution < 1.29 is 4.39 Å². The summed E-state index contributed by atoms with van der Waals surface area (Å²) in [6, 6.07) is 8.51. The second-order valence-electron chi connectivity index (χ2n) is 5.16. The van der Waals surface area contributed by atoms with E-state index in [1.165, 1.54) is 37.8 Å². The average Bonchev–Trinajstić information content (AvgIpc) is 3.00. The van der Waals surface area contributed by atoms with Crippen molar-refractivity contribution in [2.24, 2.45) is 0 Å². The standard InChI is InChI=1S/C15H16ClFN2/c16-15-9-14(12-5-1-2-6-12)18-19(15)10-11-4-3-7-13(17)8-11/h3-4,7-9,12H,1-2,5-6,10H2. The molecule has 1 aliphatic carbocycles. The number of hydrogen-bond donors (Lipinski definition) is 0. The molecule has 19 heavy (non-hydrogen) atoms. The van der Waals surface area contributed by atoms with E-state index < -0.39 is 0 Å². The van der Waals surface area contributed by atoms with Crippen LogP contribution in [0.4, 0.5) is 4.39 Å². The summed E-state index contributed by atoms with van der Waals surface area (Å²) in [5, 5.41) is 5.21. The smallest absolute Gasteiger partial charge is 0.127 e. The lowest BCUT2D eigenvalue weighted by Gasteiger charge is -2.05. The third-order valence-corrected chi connectivity index (χ3v) is 4.05. The molecule has 100 valence electrons. The van der Waals surface area contributed by atoms with Gasteiger partial charge in [-0.1, -0.05) is 36.6 Å². The quantitative estimate of drug-likeness (QED) is 0.815. The molecule has 0 amide bonds. The maximum absolute atomic E-state index is 13.2. The van der Waals surface area contributed by atoms with Crippen LogP contribution in [0.5, 0.6) is 0 Å². The largest absolute Gasteiger partial charge is 0.249 e. The minimum absolute atomic E-state index is 0.225. The molecule has 1 heterocycles. The van der Waals surface area contributed by atoms with Crippen molar-refractivity contribution in [3.63, 3.8) is 0 Å². The Bertz CT molecular complexity index is 573. The Balaban J connectivity index is 1.81. The molecule has 2 nitrogen and oxygen atoms in total. The topological polar surface area (TPSA) is 17.8 Å². The zero-order chi connectivity index (χ0) is 13.2. The van der Waals surface area contributed by atoms with Gasteiger partial charge in [0, 0.05) is 5.92 Å². The van der Waals surface area contributed by atoms with Crippen LogP contribution in [0.15, 0.2) is 30.3 Å². The molecule has 1 saturated carbocycles. The average molecular weight is 279 g/mol. The third-order valence-electron chi connectivity index (χ3n) is 3.74. The van der Waals surface area contributed by atoms with Gasteiger partial charge in [-0.2, -0.15) is 5.10 Å². The fourth-order valence-corrected chi connectivity index (χ4v) is 2.96. The normalized spacial score (nSPS) is 16.1. The van der Waals surface area contributed by atoms with Gasteiger partial charge in [-0.05, 0) is 36.6 Å². The summed E-state index contributed by atoms with van der Waals surface area (Å²) < 4.78 is 14.9. The van der Waals surface area contributed by atoms with Crippen LogP contribution in [0.2, 0.25) is 5.15 Å². The van der Waals surface area contributed by atoms with E-state index >= 15 is 0 Å². The molecule has 0 unspecified atom stereocenters. The van der Waals surface area contributed by atoms with E-state index in [2.05, 4.69) is 5.10 Å². The number of hydrogen-bond acceptors (Lipinski definition) is 1. The van der Waals surface area contributed by atoms with Gasteiger partial charge in [-0.15, -0.1) is 0 Å². The Morgan fingerprint density at radius 1 is 1.26 bits per heavy atom. The number of rotatable bonds is 3. The lowest BCUT2D eigenvalue weighted by Crippen LogP contribution is -2.03. The van der Waals surface area contributed by atoms with E-state index in [4.69, 9.17) is 11.6 Å². The van der Waals surface area contributed by atoms with Crippen molar-refractivity contribution >= 4 is 11.6 Å². The maximum atomic E-state index is 13.2. The second kappa shape index (κ2) is 5.33. The van der Waals surface area contributed by atoms with E-state index in [1.807, 2.05) is 12.1 Å². The van der Waals surface area contributed by atoms with Crippen molar-refractivity contribution in [2.75, 3.05) is 0 Å².